The third-order valence-corrected chi connectivity index (χ3v) is 2.55. The first kappa shape index (κ1) is 15.2. The van der Waals surface area contributed by atoms with Crippen LogP contribution < -0.4 is 5.32 Å². The highest BCUT2D eigenvalue weighted by molar-refractivity contribution is 5.92. The molecule has 1 atom stereocenters. The topological polar surface area (TPSA) is 93.5 Å². The van der Waals surface area contributed by atoms with Crippen LogP contribution in [0.4, 0.5) is 0 Å². The zero-order valence-electron chi connectivity index (χ0n) is 11.1. The van der Waals surface area contributed by atoms with Crippen molar-refractivity contribution in [3.05, 3.63) is 18.0 Å². The first-order valence-corrected chi connectivity index (χ1v) is 6.20. The highest BCUT2D eigenvalue weighted by Crippen LogP contribution is 2.05. The number of carboxylic acid groups (broad SMARTS) is 1. The van der Waals surface area contributed by atoms with E-state index in [0.29, 0.717) is 19.8 Å². The summed E-state index contributed by atoms with van der Waals surface area (Å²) in [6.45, 7) is 5.17. The summed E-state index contributed by atoms with van der Waals surface area (Å²) in [4.78, 5) is 22.5. The van der Waals surface area contributed by atoms with Gasteiger partial charge in [-0.15, -0.1) is 0 Å². The van der Waals surface area contributed by atoms with E-state index in [4.69, 9.17) is 9.84 Å². The average Bonchev–Trinajstić information content (AvgIpc) is 2.86. The Hall–Kier alpha value is -1.89. The van der Waals surface area contributed by atoms with E-state index in [9.17, 15) is 9.59 Å². The Morgan fingerprint density at radius 2 is 2.32 bits per heavy atom. The van der Waals surface area contributed by atoms with Crippen LogP contribution >= 0.6 is 0 Å². The predicted molar refractivity (Wildman–Crippen MR) is 68.0 cm³/mol. The van der Waals surface area contributed by atoms with E-state index in [1.807, 2.05) is 6.92 Å². The molecule has 7 nitrogen and oxygen atoms in total. The average molecular weight is 269 g/mol. The predicted octanol–water partition coefficient (Wildman–Crippen LogP) is 0.685. The molecule has 19 heavy (non-hydrogen) atoms. The fourth-order valence-electron chi connectivity index (χ4n) is 1.40. The number of hydrogen-bond acceptors (Lipinski definition) is 4. The number of carbonyl (C=O) groups is 2. The number of aliphatic carboxylic acids is 1. The third-order valence-electron chi connectivity index (χ3n) is 2.55. The number of ether oxygens (including phenoxy) is 1. The maximum atomic E-state index is 11.7. The van der Waals surface area contributed by atoms with E-state index in [1.54, 1.807) is 0 Å². The van der Waals surface area contributed by atoms with E-state index in [0.717, 1.165) is 6.42 Å². The van der Waals surface area contributed by atoms with Crippen LogP contribution in [0.2, 0.25) is 0 Å². The van der Waals surface area contributed by atoms with Crippen molar-refractivity contribution in [3.63, 3.8) is 0 Å². The highest BCUT2D eigenvalue weighted by Gasteiger charge is 2.16. The van der Waals surface area contributed by atoms with Crippen molar-refractivity contribution in [1.29, 1.82) is 0 Å². The smallest absolute Gasteiger partial charge is 0.328 e. The Balaban J connectivity index is 2.43. The zero-order valence-corrected chi connectivity index (χ0v) is 11.1. The molecule has 2 N–H and O–H groups in total. The molecule has 0 bridgehead atoms. The molecule has 0 saturated carbocycles. The largest absolute Gasteiger partial charge is 0.480 e. The summed E-state index contributed by atoms with van der Waals surface area (Å²) >= 11 is 0. The van der Waals surface area contributed by atoms with Gasteiger partial charge in [0.25, 0.3) is 5.91 Å². The molecule has 1 aromatic heterocycles. The molecule has 0 spiro atoms. The van der Waals surface area contributed by atoms with Crippen molar-refractivity contribution in [1.82, 2.24) is 15.1 Å². The summed E-state index contributed by atoms with van der Waals surface area (Å²) in [7, 11) is 0. The van der Waals surface area contributed by atoms with Crippen molar-refractivity contribution in [2.45, 2.75) is 26.3 Å². The van der Waals surface area contributed by atoms with Crippen molar-refractivity contribution >= 4 is 11.9 Å². The lowest BCUT2D eigenvalue weighted by Crippen LogP contribution is -2.26. The Morgan fingerprint density at radius 1 is 1.58 bits per heavy atom. The van der Waals surface area contributed by atoms with E-state index in [-0.39, 0.29) is 11.6 Å². The van der Waals surface area contributed by atoms with Gasteiger partial charge in [-0.1, -0.05) is 0 Å². The van der Waals surface area contributed by atoms with Crippen LogP contribution in [0.3, 0.4) is 0 Å². The molecule has 0 aliphatic rings. The quantitative estimate of drug-likeness (QED) is 0.677. The number of rotatable bonds is 8. The Kier molecular flexibility index (Phi) is 6.01. The molecule has 1 rings (SSSR count). The van der Waals surface area contributed by atoms with Gasteiger partial charge >= 0.3 is 5.97 Å². The number of nitrogens with zero attached hydrogens (tertiary/aromatic N) is 2. The summed E-state index contributed by atoms with van der Waals surface area (Å²) in [6, 6.07) is 0.705. The number of amides is 1. The minimum absolute atomic E-state index is 0.213. The van der Waals surface area contributed by atoms with Crippen LogP contribution in [0, 0.1) is 0 Å². The summed E-state index contributed by atoms with van der Waals surface area (Å²) in [6.07, 6.45) is 2.21. The van der Waals surface area contributed by atoms with Crippen molar-refractivity contribution in [2.24, 2.45) is 0 Å². The number of nitrogens with one attached hydrogen (secondary N) is 1. The molecule has 0 aliphatic carbocycles. The van der Waals surface area contributed by atoms with E-state index >= 15 is 0 Å². The van der Waals surface area contributed by atoms with Crippen molar-refractivity contribution in [2.75, 3.05) is 19.8 Å². The van der Waals surface area contributed by atoms with Crippen molar-refractivity contribution < 1.29 is 19.4 Å². The number of carboxylic acids is 1. The first-order valence-electron chi connectivity index (χ1n) is 6.20. The second-order valence-electron chi connectivity index (χ2n) is 4.00. The molecular formula is C12H19N3O4. The molecule has 106 valence electrons. The Labute approximate surface area is 111 Å². The van der Waals surface area contributed by atoms with Gasteiger partial charge in [0.1, 0.15) is 11.7 Å². The lowest BCUT2D eigenvalue weighted by Gasteiger charge is -2.06. The third kappa shape index (κ3) is 4.70. The summed E-state index contributed by atoms with van der Waals surface area (Å²) < 4.78 is 6.39. The van der Waals surface area contributed by atoms with Gasteiger partial charge in [0.15, 0.2) is 0 Å². The number of hydrogen-bond donors (Lipinski definition) is 2. The number of carbonyl (C=O) groups excluding carboxylic acids is 1. The molecule has 1 aromatic rings. The fraction of sp³-hybridized carbons (Fsp3) is 0.583. The Morgan fingerprint density at radius 3 is 2.95 bits per heavy atom. The molecule has 0 radical (unpaired) electrons. The number of aromatic nitrogens is 2. The van der Waals surface area contributed by atoms with Crippen molar-refractivity contribution in [3.8, 4) is 0 Å². The second-order valence-corrected chi connectivity index (χ2v) is 4.00. The molecule has 1 unspecified atom stereocenters. The Bertz CT molecular complexity index is 430. The van der Waals surface area contributed by atoms with Crippen LogP contribution in [0.25, 0.3) is 0 Å². The normalized spacial score (nSPS) is 12.1. The minimum atomic E-state index is -0.994. The molecular weight excluding hydrogens is 250 g/mol. The van der Waals surface area contributed by atoms with Gasteiger partial charge in [0.2, 0.25) is 0 Å². The molecule has 0 saturated heterocycles. The maximum absolute atomic E-state index is 11.7. The lowest BCUT2D eigenvalue weighted by molar-refractivity contribution is -0.140. The van der Waals surface area contributed by atoms with Gasteiger partial charge in [-0.3, -0.25) is 9.48 Å². The van der Waals surface area contributed by atoms with Crippen LogP contribution in [-0.2, 0) is 9.53 Å². The van der Waals surface area contributed by atoms with E-state index in [2.05, 4.69) is 10.4 Å². The molecule has 0 fully saturated rings. The SMILES string of the molecule is CCOCCCNC(=O)c1ccn(C(C)C(=O)O)n1. The van der Waals surface area contributed by atoms with E-state index < -0.39 is 12.0 Å². The van der Waals surface area contributed by atoms with Gasteiger partial charge in [-0.25, -0.2) is 4.79 Å². The van der Waals surface area contributed by atoms with Crippen LogP contribution in [0.5, 0.6) is 0 Å². The molecule has 0 aliphatic heterocycles. The maximum Gasteiger partial charge on any atom is 0.328 e. The lowest BCUT2D eigenvalue weighted by atomic mass is 10.3. The summed E-state index contributed by atoms with van der Waals surface area (Å²) in [5.41, 5.74) is 0.213. The van der Waals surface area contributed by atoms with Crippen LogP contribution in [0.15, 0.2) is 12.3 Å². The first-order chi connectivity index (χ1) is 9.06. The molecule has 1 heterocycles. The molecule has 1 amide bonds. The van der Waals surface area contributed by atoms with Gasteiger partial charge < -0.3 is 15.2 Å². The standard InChI is InChI=1S/C12H19N3O4/c1-3-19-8-4-6-13-11(16)10-5-7-15(14-10)9(2)12(17)18/h5,7,9H,3-4,6,8H2,1-2H3,(H,13,16)(H,17,18). The second kappa shape index (κ2) is 7.52. The van der Waals surface area contributed by atoms with Crippen LogP contribution in [0.1, 0.15) is 36.8 Å². The highest BCUT2D eigenvalue weighted by atomic mass is 16.5. The fourth-order valence-corrected chi connectivity index (χ4v) is 1.40. The van der Waals surface area contributed by atoms with Gasteiger partial charge in [0, 0.05) is 26.0 Å². The summed E-state index contributed by atoms with van der Waals surface area (Å²) in [5.74, 6) is -1.31. The monoisotopic (exact) mass is 269 g/mol. The van der Waals surface area contributed by atoms with E-state index in [1.165, 1.54) is 23.9 Å². The molecule has 0 aromatic carbocycles. The van der Waals surface area contributed by atoms with Gasteiger partial charge in [-0.2, -0.15) is 5.10 Å². The molecule has 7 heteroatoms. The van der Waals surface area contributed by atoms with Gasteiger partial charge in [-0.05, 0) is 26.3 Å². The van der Waals surface area contributed by atoms with Gasteiger partial charge in [0.05, 0.1) is 0 Å². The summed E-state index contributed by atoms with van der Waals surface area (Å²) in [5, 5.41) is 15.5. The minimum Gasteiger partial charge on any atom is -0.480 e. The van der Waals surface area contributed by atoms with Crippen LogP contribution in [-0.4, -0.2) is 46.5 Å². The zero-order chi connectivity index (χ0) is 14.3.